The predicted octanol–water partition coefficient (Wildman–Crippen LogP) is 4.95. The first-order chi connectivity index (χ1) is 14.0. The maximum atomic E-state index is 14.8. The highest BCUT2D eigenvalue weighted by molar-refractivity contribution is 6.06. The Morgan fingerprint density at radius 1 is 1.07 bits per heavy atom. The number of halogens is 1. The van der Waals surface area contributed by atoms with Crippen molar-refractivity contribution in [3.63, 3.8) is 0 Å². The van der Waals surface area contributed by atoms with Gasteiger partial charge in [0.2, 0.25) is 0 Å². The van der Waals surface area contributed by atoms with Crippen LogP contribution >= 0.6 is 0 Å². The Kier molecular flexibility index (Phi) is 5.36. The third-order valence-corrected chi connectivity index (χ3v) is 4.92. The van der Waals surface area contributed by atoms with E-state index in [-0.39, 0.29) is 23.8 Å². The molecular formula is C23H23FN2O3. The SMILES string of the molecule is CC1CN(c2ccc(NC(=O)c3occc3-c3ccccc3)cc2F)CC(C)O1. The van der Waals surface area contributed by atoms with Gasteiger partial charge in [-0.3, -0.25) is 4.79 Å². The van der Waals surface area contributed by atoms with E-state index in [1.807, 2.05) is 49.1 Å². The zero-order chi connectivity index (χ0) is 20.4. The van der Waals surface area contributed by atoms with Gasteiger partial charge in [-0.05, 0) is 43.7 Å². The Balaban J connectivity index is 1.52. The number of ether oxygens (including phenoxy) is 1. The number of carbonyl (C=O) groups is 1. The van der Waals surface area contributed by atoms with Crippen LogP contribution in [0.15, 0.2) is 65.3 Å². The smallest absolute Gasteiger partial charge is 0.292 e. The first kappa shape index (κ1) is 19.2. The van der Waals surface area contributed by atoms with Gasteiger partial charge in [-0.15, -0.1) is 0 Å². The Bertz CT molecular complexity index is 992. The number of furan rings is 1. The van der Waals surface area contributed by atoms with Crippen LogP contribution in [0.3, 0.4) is 0 Å². The van der Waals surface area contributed by atoms with Crippen molar-refractivity contribution in [3.05, 3.63) is 72.4 Å². The molecule has 1 aliphatic rings. The average molecular weight is 394 g/mol. The topological polar surface area (TPSA) is 54.7 Å². The van der Waals surface area contributed by atoms with Gasteiger partial charge in [0.1, 0.15) is 5.82 Å². The summed E-state index contributed by atoms with van der Waals surface area (Å²) < 4.78 is 25.9. The summed E-state index contributed by atoms with van der Waals surface area (Å²) in [7, 11) is 0. The van der Waals surface area contributed by atoms with Crippen molar-refractivity contribution in [1.82, 2.24) is 0 Å². The van der Waals surface area contributed by atoms with Gasteiger partial charge >= 0.3 is 0 Å². The molecule has 5 nitrogen and oxygen atoms in total. The lowest BCUT2D eigenvalue weighted by Crippen LogP contribution is -2.45. The van der Waals surface area contributed by atoms with Crippen LogP contribution in [0, 0.1) is 5.82 Å². The molecule has 2 aromatic carbocycles. The summed E-state index contributed by atoms with van der Waals surface area (Å²) in [6.45, 7) is 5.20. The number of nitrogens with one attached hydrogen (secondary N) is 1. The van der Waals surface area contributed by atoms with Gasteiger partial charge in [-0.2, -0.15) is 0 Å². The molecule has 0 radical (unpaired) electrons. The molecule has 1 N–H and O–H groups in total. The molecule has 2 atom stereocenters. The number of rotatable bonds is 4. The third-order valence-electron chi connectivity index (χ3n) is 4.92. The number of morpholine rings is 1. The second kappa shape index (κ2) is 8.09. The number of amides is 1. The Morgan fingerprint density at radius 2 is 1.79 bits per heavy atom. The van der Waals surface area contributed by atoms with E-state index in [0.29, 0.717) is 30.0 Å². The number of hydrogen-bond donors (Lipinski definition) is 1. The quantitative estimate of drug-likeness (QED) is 0.680. The van der Waals surface area contributed by atoms with Gasteiger partial charge in [0.05, 0.1) is 24.2 Å². The molecule has 6 heteroatoms. The average Bonchev–Trinajstić information content (AvgIpc) is 3.18. The summed E-state index contributed by atoms with van der Waals surface area (Å²) in [6.07, 6.45) is 1.54. The first-order valence-corrected chi connectivity index (χ1v) is 9.65. The lowest BCUT2D eigenvalue weighted by molar-refractivity contribution is -0.00539. The zero-order valence-electron chi connectivity index (χ0n) is 16.4. The van der Waals surface area contributed by atoms with Crippen LogP contribution in [0.5, 0.6) is 0 Å². The van der Waals surface area contributed by atoms with Crippen molar-refractivity contribution >= 4 is 17.3 Å². The van der Waals surface area contributed by atoms with Gasteiger partial charge in [-0.1, -0.05) is 30.3 Å². The Morgan fingerprint density at radius 3 is 2.48 bits per heavy atom. The molecule has 2 heterocycles. The van der Waals surface area contributed by atoms with E-state index in [0.717, 1.165) is 5.56 Å². The van der Waals surface area contributed by atoms with Gasteiger partial charge in [0.25, 0.3) is 5.91 Å². The summed E-state index contributed by atoms with van der Waals surface area (Å²) in [6, 6.07) is 16.0. The van der Waals surface area contributed by atoms with E-state index in [4.69, 9.17) is 9.15 Å². The molecule has 1 saturated heterocycles. The maximum Gasteiger partial charge on any atom is 0.292 e. The lowest BCUT2D eigenvalue weighted by atomic mass is 10.1. The molecule has 29 heavy (non-hydrogen) atoms. The molecule has 0 bridgehead atoms. The van der Waals surface area contributed by atoms with Gasteiger partial charge in [0.15, 0.2) is 5.76 Å². The van der Waals surface area contributed by atoms with Crippen LogP contribution in [-0.2, 0) is 4.74 Å². The molecule has 2 unspecified atom stereocenters. The molecule has 0 saturated carbocycles. The molecule has 150 valence electrons. The minimum absolute atomic E-state index is 0.0351. The van der Waals surface area contributed by atoms with Crippen LogP contribution in [0.1, 0.15) is 24.4 Å². The Labute approximate surface area is 169 Å². The fourth-order valence-electron chi connectivity index (χ4n) is 3.73. The molecule has 1 fully saturated rings. The highest BCUT2D eigenvalue weighted by Crippen LogP contribution is 2.28. The van der Waals surface area contributed by atoms with Crippen LogP contribution in [0.4, 0.5) is 15.8 Å². The van der Waals surface area contributed by atoms with Crippen molar-refractivity contribution in [2.45, 2.75) is 26.1 Å². The van der Waals surface area contributed by atoms with Crippen molar-refractivity contribution in [2.24, 2.45) is 0 Å². The van der Waals surface area contributed by atoms with Crippen LogP contribution in [0.25, 0.3) is 11.1 Å². The summed E-state index contributed by atoms with van der Waals surface area (Å²) in [5, 5.41) is 2.73. The van der Waals surface area contributed by atoms with Gasteiger partial charge in [-0.25, -0.2) is 4.39 Å². The monoisotopic (exact) mass is 394 g/mol. The van der Waals surface area contributed by atoms with Crippen molar-refractivity contribution < 1.29 is 18.3 Å². The number of nitrogens with zero attached hydrogens (tertiary/aromatic N) is 1. The van der Waals surface area contributed by atoms with E-state index < -0.39 is 5.91 Å². The molecule has 1 aromatic heterocycles. The second-order valence-corrected chi connectivity index (χ2v) is 7.31. The van der Waals surface area contributed by atoms with E-state index in [9.17, 15) is 9.18 Å². The molecule has 4 rings (SSSR count). The molecule has 1 amide bonds. The fraction of sp³-hybridized carbons (Fsp3) is 0.261. The minimum atomic E-state index is -0.422. The third kappa shape index (κ3) is 4.17. The van der Waals surface area contributed by atoms with E-state index in [1.165, 1.54) is 12.3 Å². The second-order valence-electron chi connectivity index (χ2n) is 7.31. The van der Waals surface area contributed by atoms with E-state index in [2.05, 4.69) is 5.32 Å². The maximum absolute atomic E-state index is 14.8. The normalized spacial score (nSPS) is 19.2. The summed E-state index contributed by atoms with van der Waals surface area (Å²) in [5.41, 5.74) is 2.45. The highest BCUT2D eigenvalue weighted by Gasteiger charge is 2.24. The van der Waals surface area contributed by atoms with Crippen molar-refractivity contribution in [3.8, 4) is 11.1 Å². The highest BCUT2D eigenvalue weighted by atomic mass is 19.1. The van der Waals surface area contributed by atoms with Gasteiger partial charge in [0, 0.05) is 24.3 Å². The number of benzene rings is 2. The van der Waals surface area contributed by atoms with Gasteiger partial charge < -0.3 is 19.4 Å². The first-order valence-electron chi connectivity index (χ1n) is 9.65. The largest absolute Gasteiger partial charge is 0.459 e. The molecule has 0 aliphatic carbocycles. The summed E-state index contributed by atoms with van der Waals surface area (Å²) in [5.74, 6) is -0.613. The standard InChI is InChI=1S/C23H23FN2O3/c1-15-13-26(14-16(2)29-15)21-9-8-18(12-20(21)24)25-23(27)22-19(10-11-28-22)17-6-4-3-5-7-17/h3-12,15-16H,13-14H2,1-2H3,(H,25,27). The fourth-order valence-corrected chi connectivity index (χ4v) is 3.73. The van der Waals surface area contributed by atoms with Crippen LogP contribution in [0.2, 0.25) is 0 Å². The molecule has 0 spiro atoms. The number of hydrogen-bond acceptors (Lipinski definition) is 4. The minimum Gasteiger partial charge on any atom is -0.459 e. The summed E-state index contributed by atoms with van der Waals surface area (Å²) >= 11 is 0. The van der Waals surface area contributed by atoms with E-state index >= 15 is 0 Å². The molecule has 3 aromatic rings. The molecular weight excluding hydrogens is 371 g/mol. The van der Waals surface area contributed by atoms with Crippen molar-refractivity contribution in [2.75, 3.05) is 23.3 Å². The zero-order valence-corrected chi connectivity index (χ0v) is 16.4. The van der Waals surface area contributed by atoms with E-state index in [1.54, 1.807) is 18.2 Å². The number of anilines is 2. The predicted molar refractivity (Wildman–Crippen MR) is 111 cm³/mol. The van der Waals surface area contributed by atoms with Crippen LogP contribution in [-0.4, -0.2) is 31.2 Å². The summed E-state index contributed by atoms with van der Waals surface area (Å²) in [4.78, 5) is 14.7. The Hall–Kier alpha value is -3.12. The lowest BCUT2D eigenvalue weighted by Gasteiger charge is -2.37. The number of carbonyl (C=O) groups excluding carboxylic acids is 1. The molecule has 1 aliphatic heterocycles. The van der Waals surface area contributed by atoms with Crippen LogP contribution < -0.4 is 10.2 Å². The van der Waals surface area contributed by atoms with Crippen molar-refractivity contribution in [1.29, 1.82) is 0 Å².